The van der Waals surface area contributed by atoms with Gasteiger partial charge in [0.1, 0.15) is 7.22 Å². The van der Waals surface area contributed by atoms with Gasteiger partial charge >= 0.3 is 0 Å². The summed E-state index contributed by atoms with van der Waals surface area (Å²) in [6.45, 7) is 7.17. The van der Waals surface area contributed by atoms with E-state index < -0.39 is 7.22 Å². The summed E-state index contributed by atoms with van der Waals surface area (Å²) in [6, 6.07) is 8.64. The number of hydrogen-bond acceptors (Lipinski definition) is 2. The molecule has 1 aliphatic carbocycles. The van der Waals surface area contributed by atoms with Crippen molar-refractivity contribution in [2.24, 2.45) is 4.99 Å². The molecule has 0 atom stereocenters. The van der Waals surface area contributed by atoms with Crippen molar-refractivity contribution in [3.63, 3.8) is 0 Å². The van der Waals surface area contributed by atoms with Gasteiger partial charge in [0.15, 0.2) is 0 Å². The minimum atomic E-state index is -1.15. The average Bonchev–Trinajstić information content (AvgIpc) is 2.31. The van der Waals surface area contributed by atoms with E-state index in [0.29, 0.717) is 0 Å². The van der Waals surface area contributed by atoms with Crippen LogP contribution < -0.4 is 0 Å². The molecule has 1 fully saturated rings. The Kier molecular flexibility index (Phi) is 4.68. The number of hydrogen-bond donors (Lipinski definition) is 0. The van der Waals surface area contributed by atoms with Crippen molar-refractivity contribution in [1.29, 1.82) is 0 Å². The van der Waals surface area contributed by atoms with Crippen molar-refractivity contribution in [3.05, 3.63) is 24.3 Å². The smallest absolute Gasteiger partial charge is 0.114 e. The number of nitrogens with zero attached hydrogens (tertiary/aromatic N) is 1. The average molecular weight is 278 g/mol. The largest absolute Gasteiger partial charge is 0.257 e. The summed E-state index contributed by atoms with van der Waals surface area (Å²) in [7, 11) is -1.15. The predicted molar refractivity (Wildman–Crippen MR) is 85.8 cm³/mol. The van der Waals surface area contributed by atoms with Crippen LogP contribution in [0.15, 0.2) is 34.2 Å². The lowest BCUT2D eigenvalue weighted by Crippen LogP contribution is -2.13. The van der Waals surface area contributed by atoms with Crippen LogP contribution >= 0.6 is 11.2 Å². The Morgan fingerprint density at radius 1 is 1.00 bits per heavy atom. The van der Waals surface area contributed by atoms with Crippen LogP contribution in [0.2, 0.25) is 19.6 Å². The van der Waals surface area contributed by atoms with Gasteiger partial charge in [0.2, 0.25) is 0 Å². The molecule has 0 unspecified atom stereocenters. The minimum absolute atomic E-state index is 1.15. The molecule has 0 N–H and O–H groups in total. The molecule has 0 aliphatic heterocycles. The molecule has 1 aromatic carbocycles. The van der Waals surface area contributed by atoms with Crippen molar-refractivity contribution in [2.75, 3.05) is 0 Å². The summed E-state index contributed by atoms with van der Waals surface area (Å²) in [5.41, 5.74) is 2.60. The van der Waals surface area contributed by atoms with E-state index in [9.17, 15) is 0 Å². The van der Waals surface area contributed by atoms with E-state index in [0.717, 1.165) is 0 Å². The quantitative estimate of drug-likeness (QED) is 0.650. The fourth-order valence-electron chi connectivity index (χ4n) is 2.21. The van der Waals surface area contributed by atoms with Gasteiger partial charge in [0.25, 0.3) is 0 Å². The van der Waals surface area contributed by atoms with E-state index in [4.69, 9.17) is 4.99 Å². The Labute approximate surface area is 116 Å². The van der Waals surface area contributed by atoms with Gasteiger partial charge in [-0.1, -0.05) is 38.2 Å². The Morgan fingerprint density at radius 3 is 2.33 bits per heavy atom. The Morgan fingerprint density at radius 2 is 1.67 bits per heavy atom. The molecule has 0 heterocycles. The zero-order valence-electron chi connectivity index (χ0n) is 11.7. The highest BCUT2D eigenvalue weighted by Gasteiger charge is 2.17. The van der Waals surface area contributed by atoms with E-state index >= 15 is 0 Å². The first-order chi connectivity index (χ1) is 8.54. The van der Waals surface area contributed by atoms with Gasteiger partial charge in [0, 0.05) is 10.6 Å². The summed E-state index contributed by atoms with van der Waals surface area (Å²) >= 11 is 2.05. The van der Waals surface area contributed by atoms with Crippen LogP contribution in [-0.2, 0) is 0 Å². The SMILES string of the molecule is C[Si](C)(C)Sc1ccccc1N=C1CCCCC1. The minimum Gasteiger partial charge on any atom is -0.257 e. The monoisotopic (exact) mass is 277 g/mol. The third-order valence-electron chi connectivity index (χ3n) is 2.99. The van der Waals surface area contributed by atoms with Crippen LogP contribution in [0.1, 0.15) is 32.1 Å². The zero-order chi connectivity index (χ0) is 13.0. The van der Waals surface area contributed by atoms with Crippen molar-refractivity contribution < 1.29 is 0 Å². The van der Waals surface area contributed by atoms with E-state index in [1.165, 1.54) is 48.4 Å². The normalized spacial score (nSPS) is 16.7. The van der Waals surface area contributed by atoms with Gasteiger partial charge in [0.05, 0.1) is 5.69 Å². The van der Waals surface area contributed by atoms with Gasteiger partial charge in [-0.15, -0.1) is 11.2 Å². The zero-order valence-corrected chi connectivity index (χ0v) is 13.5. The Balaban J connectivity index is 2.21. The van der Waals surface area contributed by atoms with E-state index in [-0.39, 0.29) is 0 Å². The van der Waals surface area contributed by atoms with Crippen molar-refractivity contribution in [2.45, 2.75) is 56.6 Å². The second-order valence-corrected chi connectivity index (χ2v) is 15.1. The van der Waals surface area contributed by atoms with Crippen molar-refractivity contribution in [3.8, 4) is 0 Å². The van der Waals surface area contributed by atoms with Crippen LogP contribution in [0.25, 0.3) is 0 Å². The third-order valence-corrected chi connectivity index (χ3v) is 6.67. The highest BCUT2D eigenvalue weighted by atomic mass is 32.4. The number of benzene rings is 1. The summed E-state index contributed by atoms with van der Waals surface area (Å²) < 4.78 is 0. The van der Waals surface area contributed by atoms with E-state index in [1.54, 1.807) is 0 Å². The lowest BCUT2D eigenvalue weighted by atomic mass is 9.98. The molecule has 98 valence electrons. The molecule has 3 heteroatoms. The van der Waals surface area contributed by atoms with E-state index in [2.05, 4.69) is 43.9 Å². The first-order valence-corrected chi connectivity index (χ1v) is 11.9. The molecular weight excluding hydrogens is 254 g/mol. The lowest BCUT2D eigenvalue weighted by molar-refractivity contribution is 0.667. The van der Waals surface area contributed by atoms with Gasteiger partial charge < -0.3 is 0 Å². The van der Waals surface area contributed by atoms with Crippen LogP contribution in [-0.4, -0.2) is 12.9 Å². The molecule has 1 nitrogen and oxygen atoms in total. The topological polar surface area (TPSA) is 12.4 Å². The molecule has 2 rings (SSSR count). The molecular formula is C15H23NSSi. The summed E-state index contributed by atoms with van der Waals surface area (Å²) in [5.74, 6) is 0. The molecule has 0 saturated heterocycles. The van der Waals surface area contributed by atoms with Crippen LogP contribution in [0.3, 0.4) is 0 Å². The van der Waals surface area contributed by atoms with Gasteiger partial charge in [-0.2, -0.15) is 0 Å². The molecule has 0 aromatic heterocycles. The van der Waals surface area contributed by atoms with Crippen LogP contribution in [0.5, 0.6) is 0 Å². The van der Waals surface area contributed by atoms with Gasteiger partial charge in [-0.3, -0.25) is 4.99 Å². The highest BCUT2D eigenvalue weighted by molar-refractivity contribution is 8.28. The fourth-order valence-corrected chi connectivity index (χ4v) is 5.73. The number of rotatable bonds is 3. The van der Waals surface area contributed by atoms with Gasteiger partial charge in [-0.25, -0.2) is 0 Å². The van der Waals surface area contributed by atoms with Crippen LogP contribution in [0, 0.1) is 0 Å². The molecule has 0 amide bonds. The highest BCUT2D eigenvalue weighted by Crippen LogP contribution is 2.36. The second-order valence-electron chi connectivity index (χ2n) is 5.92. The molecule has 0 radical (unpaired) electrons. The predicted octanol–water partition coefficient (Wildman–Crippen LogP) is 5.65. The standard InChI is InChI=1S/C15H23NSSi/c1-18(2,3)17-15-12-8-7-11-14(15)16-13-9-5-4-6-10-13/h7-8,11-12H,4-6,9-10H2,1-3H3. The summed E-state index contributed by atoms with van der Waals surface area (Å²) in [4.78, 5) is 6.29. The van der Waals surface area contributed by atoms with Crippen LogP contribution in [0.4, 0.5) is 5.69 Å². The molecule has 1 aliphatic rings. The summed E-state index contributed by atoms with van der Waals surface area (Å²) in [5, 5.41) is 0. The van der Waals surface area contributed by atoms with Gasteiger partial charge in [-0.05, 0) is 37.8 Å². The number of aliphatic imine (C=N–C) groups is 1. The first kappa shape index (κ1) is 13.9. The fraction of sp³-hybridized carbons (Fsp3) is 0.533. The maximum atomic E-state index is 4.92. The maximum absolute atomic E-state index is 4.92. The second kappa shape index (κ2) is 6.07. The molecule has 1 saturated carbocycles. The van der Waals surface area contributed by atoms with Crippen molar-refractivity contribution >= 4 is 29.8 Å². The molecule has 0 spiro atoms. The lowest BCUT2D eigenvalue weighted by Gasteiger charge is -2.18. The van der Waals surface area contributed by atoms with E-state index in [1.807, 2.05) is 11.2 Å². The van der Waals surface area contributed by atoms with Crippen molar-refractivity contribution in [1.82, 2.24) is 0 Å². The molecule has 0 bridgehead atoms. The molecule has 18 heavy (non-hydrogen) atoms. The molecule has 1 aromatic rings. The maximum Gasteiger partial charge on any atom is 0.114 e. The number of para-hydroxylation sites is 1. The third kappa shape index (κ3) is 4.29. The summed E-state index contributed by atoms with van der Waals surface area (Å²) in [6.07, 6.45) is 6.42. The first-order valence-electron chi connectivity index (χ1n) is 6.89. The Hall–Kier alpha value is -0.543. The Bertz CT molecular complexity index is 426.